The summed E-state index contributed by atoms with van der Waals surface area (Å²) in [6.45, 7) is 4.11. The highest BCUT2D eigenvalue weighted by Crippen LogP contribution is 2.31. The summed E-state index contributed by atoms with van der Waals surface area (Å²) in [6.07, 6.45) is -0.208. The molecule has 1 rings (SSSR count). The predicted octanol–water partition coefficient (Wildman–Crippen LogP) is 1.47. The van der Waals surface area contributed by atoms with Gasteiger partial charge in [0.05, 0.1) is 6.42 Å². The molecule has 0 spiro atoms. The third-order valence-corrected chi connectivity index (χ3v) is 2.25. The first-order valence-corrected chi connectivity index (χ1v) is 5.51. The van der Waals surface area contributed by atoms with Gasteiger partial charge >= 0.3 is 17.9 Å². The van der Waals surface area contributed by atoms with Crippen molar-refractivity contribution in [2.75, 3.05) is 0 Å². The van der Waals surface area contributed by atoms with E-state index in [1.807, 2.05) is 0 Å². The van der Waals surface area contributed by atoms with Crippen molar-refractivity contribution in [3.05, 3.63) is 23.3 Å². The molecule has 19 heavy (non-hydrogen) atoms. The molecule has 0 aromatic heterocycles. The van der Waals surface area contributed by atoms with Crippen molar-refractivity contribution in [3.8, 4) is 11.5 Å². The van der Waals surface area contributed by atoms with Gasteiger partial charge in [-0.05, 0) is 30.2 Å². The van der Waals surface area contributed by atoms with E-state index in [1.165, 1.54) is 26.0 Å². The van der Waals surface area contributed by atoms with Crippen molar-refractivity contribution in [2.24, 2.45) is 0 Å². The molecule has 102 valence electrons. The van der Waals surface area contributed by atoms with Crippen LogP contribution in [-0.2, 0) is 20.8 Å². The Morgan fingerprint density at radius 2 is 1.53 bits per heavy atom. The van der Waals surface area contributed by atoms with Crippen LogP contribution in [0.15, 0.2) is 12.1 Å². The van der Waals surface area contributed by atoms with E-state index in [2.05, 4.69) is 0 Å². The van der Waals surface area contributed by atoms with Gasteiger partial charge < -0.3 is 14.6 Å². The smallest absolute Gasteiger partial charge is 0.308 e. The van der Waals surface area contributed by atoms with Crippen LogP contribution in [-0.4, -0.2) is 23.0 Å². The van der Waals surface area contributed by atoms with Gasteiger partial charge in [0.15, 0.2) is 11.5 Å². The minimum absolute atomic E-state index is 0.0320. The van der Waals surface area contributed by atoms with Gasteiger partial charge in [-0.2, -0.15) is 0 Å². The van der Waals surface area contributed by atoms with Crippen molar-refractivity contribution in [3.63, 3.8) is 0 Å². The largest absolute Gasteiger partial charge is 0.481 e. The van der Waals surface area contributed by atoms with Crippen LogP contribution in [0.5, 0.6) is 11.5 Å². The quantitative estimate of drug-likeness (QED) is 0.655. The fourth-order valence-corrected chi connectivity index (χ4v) is 1.53. The summed E-state index contributed by atoms with van der Waals surface area (Å²) in [5.74, 6) is -2.02. The molecule has 0 unspecified atom stereocenters. The van der Waals surface area contributed by atoms with Crippen molar-refractivity contribution in [2.45, 2.75) is 27.2 Å². The van der Waals surface area contributed by atoms with Crippen LogP contribution in [0.4, 0.5) is 0 Å². The first-order valence-electron chi connectivity index (χ1n) is 5.51. The van der Waals surface area contributed by atoms with Crippen molar-refractivity contribution in [1.29, 1.82) is 0 Å². The fraction of sp³-hybridized carbons (Fsp3) is 0.308. The van der Waals surface area contributed by atoms with Gasteiger partial charge in [0.25, 0.3) is 0 Å². The highest BCUT2D eigenvalue weighted by molar-refractivity contribution is 5.75. The number of aryl methyl sites for hydroxylation is 1. The lowest BCUT2D eigenvalue weighted by Crippen LogP contribution is -2.09. The third-order valence-electron chi connectivity index (χ3n) is 2.25. The molecule has 0 atom stereocenters. The predicted molar refractivity (Wildman–Crippen MR) is 65.1 cm³/mol. The summed E-state index contributed by atoms with van der Waals surface area (Å²) in [5.41, 5.74) is 1.12. The molecule has 1 aromatic carbocycles. The number of carbonyl (C=O) groups excluding carboxylic acids is 2. The topological polar surface area (TPSA) is 89.9 Å². The number of hydrogen-bond donors (Lipinski definition) is 1. The van der Waals surface area contributed by atoms with Crippen LogP contribution in [0.2, 0.25) is 0 Å². The highest BCUT2D eigenvalue weighted by atomic mass is 16.6. The molecule has 6 nitrogen and oxygen atoms in total. The number of rotatable bonds is 4. The first-order chi connectivity index (χ1) is 8.79. The Kier molecular flexibility index (Phi) is 4.63. The summed E-state index contributed by atoms with van der Waals surface area (Å²) in [4.78, 5) is 32.7. The number of benzene rings is 1. The molecule has 0 fully saturated rings. The van der Waals surface area contributed by atoms with Crippen LogP contribution in [0.25, 0.3) is 0 Å². The Hall–Kier alpha value is -2.37. The summed E-state index contributed by atoms with van der Waals surface area (Å²) in [6, 6.07) is 2.86. The number of carboxylic acids is 1. The Labute approximate surface area is 109 Å². The summed E-state index contributed by atoms with van der Waals surface area (Å²) < 4.78 is 9.84. The zero-order valence-electron chi connectivity index (χ0n) is 10.9. The SMILES string of the molecule is CC(=O)Oc1cc(C)c(CC(=O)O)cc1OC(C)=O. The molecule has 0 bridgehead atoms. The molecule has 1 aromatic rings. The number of hydrogen-bond acceptors (Lipinski definition) is 5. The molecule has 0 saturated heterocycles. The third kappa shape index (κ3) is 4.42. The molecular weight excluding hydrogens is 252 g/mol. The summed E-state index contributed by atoms with van der Waals surface area (Å²) in [7, 11) is 0. The maximum atomic E-state index is 11.0. The second kappa shape index (κ2) is 5.99. The molecule has 0 aliphatic heterocycles. The first kappa shape index (κ1) is 14.7. The fourth-order valence-electron chi connectivity index (χ4n) is 1.53. The van der Waals surface area contributed by atoms with Gasteiger partial charge in [0.1, 0.15) is 0 Å². The Morgan fingerprint density at radius 3 is 1.95 bits per heavy atom. The van der Waals surface area contributed by atoms with Gasteiger partial charge in [-0.3, -0.25) is 14.4 Å². The van der Waals surface area contributed by atoms with E-state index < -0.39 is 17.9 Å². The maximum Gasteiger partial charge on any atom is 0.308 e. The second-order valence-corrected chi connectivity index (χ2v) is 3.98. The molecule has 6 heteroatoms. The van der Waals surface area contributed by atoms with Gasteiger partial charge in [0.2, 0.25) is 0 Å². The zero-order chi connectivity index (χ0) is 14.6. The van der Waals surface area contributed by atoms with Crippen molar-refractivity contribution < 1.29 is 29.0 Å². The number of esters is 2. The summed E-state index contributed by atoms with van der Waals surface area (Å²) >= 11 is 0. The van der Waals surface area contributed by atoms with E-state index in [9.17, 15) is 14.4 Å². The van der Waals surface area contributed by atoms with E-state index in [0.717, 1.165) is 0 Å². The minimum Gasteiger partial charge on any atom is -0.481 e. The van der Waals surface area contributed by atoms with Crippen molar-refractivity contribution >= 4 is 17.9 Å². The molecule has 0 radical (unpaired) electrons. The van der Waals surface area contributed by atoms with E-state index in [0.29, 0.717) is 11.1 Å². The van der Waals surface area contributed by atoms with Gasteiger partial charge in [-0.25, -0.2) is 0 Å². The summed E-state index contributed by atoms with van der Waals surface area (Å²) in [5, 5.41) is 8.79. The monoisotopic (exact) mass is 266 g/mol. The molecule has 0 heterocycles. The highest BCUT2D eigenvalue weighted by Gasteiger charge is 2.15. The lowest BCUT2D eigenvalue weighted by atomic mass is 10.0. The van der Waals surface area contributed by atoms with Gasteiger partial charge in [0, 0.05) is 13.8 Å². The van der Waals surface area contributed by atoms with Crippen LogP contribution < -0.4 is 9.47 Å². The van der Waals surface area contributed by atoms with Crippen LogP contribution in [0.1, 0.15) is 25.0 Å². The Bertz CT molecular complexity index is 532. The van der Waals surface area contributed by atoms with Crippen LogP contribution in [0.3, 0.4) is 0 Å². The molecule has 0 saturated carbocycles. The van der Waals surface area contributed by atoms with Crippen LogP contribution in [0, 0.1) is 6.92 Å². The van der Waals surface area contributed by atoms with Crippen LogP contribution >= 0.6 is 0 Å². The average molecular weight is 266 g/mol. The van der Waals surface area contributed by atoms with E-state index in [1.54, 1.807) is 6.92 Å². The normalized spacial score (nSPS) is 9.84. The standard InChI is InChI=1S/C13H14O6/c1-7-4-11(18-8(2)14)12(19-9(3)15)5-10(7)6-13(16)17/h4-5H,6H2,1-3H3,(H,16,17). The number of carbonyl (C=O) groups is 3. The Morgan fingerprint density at radius 1 is 1.05 bits per heavy atom. The lowest BCUT2D eigenvalue weighted by molar-refractivity contribution is -0.136. The zero-order valence-corrected chi connectivity index (χ0v) is 10.9. The molecular formula is C13H14O6. The van der Waals surface area contributed by atoms with Gasteiger partial charge in [-0.15, -0.1) is 0 Å². The van der Waals surface area contributed by atoms with E-state index in [-0.39, 0.29) is 17.9 Å². The number of carboxylic acid groups (broad SMARTS) is 1. The molecule has 1 N–H and O–H groups in total. The maximum absolute atomic E-state index is 11.0. The average Bonchev–Trinajstić information content (AvgIpc) is 2.22. The Balaban J connectivity index is 3.23. The lowest BCUT2D eigenvalue weighted by Gasteiger charge is -2.12. The molecule has 0 aliphatic rings. The van der Waals surface area contributed by atoms with E-state index in [4.69, 9.17) is 14.6 Å². The molecule has 0 aliphatic carbocycles. The van der Waals surface area contributed by atoms with E-state index >= 15 is 0 Å². The second-order valence-electron chi connectivity index (χ2n) is 3.98. The number of ether oxygens (including phenoxy) is 2. The van der Waals surface area contributed by atoms with Gasteiger partial charge in [-0.1, -0.05) is 0 Å². The van der Waals surface area contributed by atoms with Crippen molar-refractivity contribution in [1.82, 2.24) is 0 Å². The molecule has 0 amide bonds. The minimum atomic E-state index is -1.00. The number of aliphatic carboxylic acids is 1.